The Morgan fingerprint density at radius 1 is 1.73 bits per heavy atom. The molecule has 0 aromatic rings. The average Bonchev–Trinajstić information content (AvgIpc) is 1.85. The van der Waals surface area contributed by atoms with E-state index >= 15 is 0 Å². The summed E-state index contributed by atoms with van der Waals surface area (Å²) < 4.78 is 5.30. The first-order chi connectivity index (χ1) is 5.18. The summed E-state index contributed by atoms with van der Waals surface area (Å²) in [5, 5.41) is 8.51. The minimum atomic E-state index is -0.691. The summed E-state index contributed by atoms with van der Waals surface area (Å²) >= 11 is 0. The number of rotatable bonds is 2. The number of hydrogen-bond donors (Lipinski definition) is 1. The van der Waals surface area contributed by atoms with Gasteiger partial charge >= 0.3 is 5.97 Å². The molecule has 1 aliphatic heterocycles. The van der Waals surface area contributed by atoms with Crippen LogP contribution in [0.3, 0.4) is 0 Å². The smallest absolute Gasteiger partial charge is 0.303 e. The first-order valence-corrected chi connectivity index (χ1v) is 4.02. The number of carboxylic acid groups (broad SMARTS) is 1. The van der Waals surface area contributed by atoms with Gasteiger partial charge in [0, 0.05) is 13.0 Å². The number of hydrogen-bond acceptors (Lipinski definition) is 2. The number of carbonyl (C=O) groups is 1. The van der Waals surface area contributed by atoms with Crippen LogP contribution in [0.25, 0.3) is 0 Å². The molecule has 1 heterocycles. The minimum absolute atomic E-state index is 0.244. The fraction of sp³-hybridized carbons (Fsp3) is 0.875. The first-order valence-electron chi connectivity index (χ1n) is 4.02. The Morgan fingerprint density at radius 2 is 2.45 bits per heavy atom. The van der Waals surface area contributed by atoms with Gasteiger partial charge in [-0.2, -0.15) is 0 Å². The normalized spacial score (nSPS) is 31.7. The molecule has 11 heavy (non-hydrogen) atoms. The summed E-state index contributed by atoms with van der Waals surface area (Å²) in [5.41, 5.74) is 0. The van der Waals surface area contributed by atoms with E-state index in [0.29, 0.717) is 12.3 Å². The molecule has 3 heteroatoms. The Balaban J connectivity index is 2.28. The highest BCUT2D eigenvalue weighted by Gasteiger charge is 2.21. The van der Waals surface area contributed by atoms with Crippen LogP contribution in [0.15, 0.2) is 0 Å². The monoisotopic (exact) mass is 158 g/mol. The van der Waals surface area contributed by atoms with E-state index in [2.05, 4.69) is 0 Å². The van der Waals surface area contributed by atoms with Crippen molar-refractivity contribution < 1.29 is 14.6 Å². The Hall–Kier alpha value is -0.570. The van der Waals surface area contributed by atoms with Crippen molar-refractivity contribution in [2.24, 2.45) is 5.92 Å². The van der Waals surface area contributed by atoms with Crippen LogP contribution in [0.1, 0.15) is 26.2 Å². The van der Waals surface area contributed by atoms with E-state index in [1.165, 1.54) is 0 Å². The first kappa shape index (κ1) is 8.53. The van der Waals surface area contributed by atoms with Gasteiger partial charge in [-0.15, -0.1) is 0 Å². The Labute approximate surface area is 66.4 Å². The molecule has 64 valence electrons. The van der Waals surface area contributed by atoms with Gasteiger partial charge < -0.3 is 9.84 Å². The molecule has 1 rings (SSSR count). The molecule has 0 aromatic carbocycles. The molecule has 0 bridgehead atoms. The second-order valence-electron chi connectivity index (χ2n) is 3.17. The van der Waals surface area contributed by atoms with E-state index in [9.17, 15) is 4.79 Å². The third kappa shape index (κ3) is 2.89. The van der Waals surface area contributed by atoms with Crippen LogP contribution in [0.5, 0.6) is 0 Å². The molecule has 1 saturated heterocycles. The van der Waals surface area contributed by atoms with Crippen molar-refractivity contribution in [1.29, 1.82) is 0 Å². The van der Waals surface area contributed by atoms with Crippen molar-refractivity contribution in [2.75, 3.05) is 6.61 Å². The van der Waals surface area contributed by atoms with Crippen LogP contribution in [0.2, 0.25) is 0 Å². The molecule has 3 nitrogen and oxygen atoms in total. The van der Waals surface area contributed by atoms with Gasteiger partial charge in [0.1, 0.15) is 0 Å². The molecule has 0 amide bonds. The highest BCUT2D eigenvalue weighted by Crippen LogP contribution is 2.22. The predicted molar refractivity (Wildman–Crippen MR) is 40.4 cm³/mol. The summed E-state index contributed by atoms with van der Waals surface area (Å²) in [6, 6.07) is 0. The molecule has 2 unspecified atom stereocenters. The molecule has 0 aromatic heterocycles. The molecule has 0 spiro atoms. The van der Waals surface area contributed by atoms with E-state index in [1.807, 2.05) is 6.92 Å². The lowest BCUT2D eigenvalue weighted by Gasteiger charge is -2.25. The van der Waals surface area contributed by atoms with Crippen LogP contribution in [0.4, 0.5) is 0 Å². The Kier molecular flexibility index (Phi) is 2.88. The molecule has 1 fully saturated rings. The molecular formula is C8H14O3. The lowest BCUT2D eigenvalue weighted by molar-refractivity contribution is -0.139. The largest absolute Gasteiger partial charge is 0.481 e. The maximum atomic E-state index is 10.3. The number of carboxylic acids is 1. The van der Waals surface area contributed by atoms with Crippen molar-refractivity contribution in [1.82, 2.24) is 0 Å². The van der Waals surface area contributed by atoms with Gasteiger partial charge in [-0.3, -0.25) is 4.79 Å². The highest BCUT2D eigenvalue weighted by molar-refractivity contribution is 5.67. The summed E-state index contributed by atoms with van der Waals surface area (Å²) in [7, 11) is 0. The van der Waals surface area contributed by atoms with Gasteiger partial charge in [-0.1, -0.05) is 0 Å². The van der Waals surface area contributed by atoms with Crippen molar-refractivity contribution in [3.05, 3.63) is 0 Å². The molecule has 0 saturated carbocycles. The summed E-state index contributed by atoms with van der Waals surface area (Å²) in [5.74, 6) is -0.361. The zero-order valence-corrected chi connectivity index (χ0v) is 6.75. The SMILES string of the molecule is CC1CC(CC(=O)O)CCO1. The molecule has 0 radical (unpaired) electrons. The zero-order valence-electron chi connectivity index (χ0n) is 6.75. The van der Waals surface area contributed by atoms with Gasteiger partial charge in [-0.05, 0) is 25.7 Å². The van der Waals surface area contributed by atoms with Crippen molar-refractivity contribution in [3.63, 3.8) is 0 Å². The standard InChI is InChI=1S/C8H14O3/c1-6-4-7(2-3-11-6)5-8(9)10/h6-7H,2-5H2,1H3,(H,9,10). The summed E-state index contributed by atoms with van der Waals surface area (Å²) in [6.45, 7) is 2.72. The fourth-order valence-electron chi connectivity index (χ4n) is 1.52. The lowest BCUT2D eigenvalue weighted by atomic mass is 9.93. The van der Waals surface area contributed by atoms with Gasteiger partial charge in [0.2, 0.25) is 0 Å². The van der Waals surface area contributed by atoms with Crippen LogP contribution in [-0.4, -0.2) is 23.8 Å². The molecule has 1 N–H and O–H groups in total. The second-order valence-corrected chi connectivity index (χ2v) is 3.17. The maximum Gasteiger partial charge on any atom is 0.303 e. The topological polar surface area (TPSA) is 46.5 Å². The van der Waals surface area contributed by atoms with E-state index in [4.69, 9.17) is 9.84 Å². The second kappa shape index (κ2) is 3.72. The van der Waals surface area contributed by atoms with Crippen LogP contribution in [-0.2, 0) is 9.53 Å². The van der Waals surface area contributed by atoms with E-state index in [1.54, 1.807) is 0 Å². The van der Waals surface area contributed by atoms with Crippen LogP contribution >= 0.6 is 0 Å². The highest BCUT2D eigenvalue weighted by atomic mass is 16.5. The van der Waals surface area contributed by atoms with Crippen molar-refractivity contribution >= 4 is 5.97 Å². The zero-order chi connectivity index (χ0) is 8.27. The summed E-state index contributed by atoms with van der Waals surface area (Å²) in [6.07, 6.45) is 2.34. The number of aliphatic carboxylic acids is 1. The quantitative estimate of drug-likeness (QED) is 0.658. The molecule has 0 aliphatic carbocycles. The van der Waals surface area contributed by atoms with E-state index < -0.39 is 5.97 Å². The van der Waals surface area contributed by atoms with Gasteiger partial charge in [0.25, 0.3) is 0 Å². The van der Waals surface area contributed by atoms with Crippen LogP contribution in [0, 0.1) is 5.92 Å². The number of ether oxygens (including phenoxy) is 1. The van der Waals surface area contributed by atoms with Gasteiger partial charge in [-0.25, -0.2) is 0 Å². The van der Waals surface area contributed by atoms with Crippen LogP contribution < -0.4 is 0 Å². The summed E-state index contributed by atoms with van der Waals surface area (Å²) in [4.78, 5) is 10.3. The maximum absolute atomic E-state index is 10.3. The van der Waals surface area contributed by atoms with E-state index in [0.717, 1.165) is 19.4 Å². The Morgan fingerprint density at radius 3 is 3.00 bits per heavy atom. The third-order valence-electron chi connectivity index (χ3n) is 2.06. The predicted octanol–water partition coefficient (Wildman–Crippen LogP) is 1.28. The Bertz CT molecular complexity index is 144. The van der Waals surface area contributed by atoms with Crippen molar-refractivity contribution in [3.8, 4) is 0 Å². The van der Waals surface area contributed by atoms with Crippen molar-refractivity contribution in [2.45, 2.75) is 32.3 Å². The fourth-order valence-corrected chi connectivity index (χ4v) is 1.52. The van der Waals surface area contributed by atoms with E-state index in [-0.39, 0.29) is 6.10 Å². The average molecular weight is 158 g/mol. The van der Waals surface area contributed by atoms with Gasteiger partial charge in [0.05, 0.1) is 6.10 Å². The third-order valence-corrected chi connectivity index (χ3v) is 2.06. The molecule has 2 atom stereocenters. The minimum Gasteiger partial charge on any atom is -0.481 e. The molecule has 1 aliphatic rings. The molecular weight excluding hydrogens is 144 g/mol. The lowest BCUT2D eigenvalue weighted by Crippen LogP contribution is -2.24. The van der Waals surface area contributed by atoms with Gasteiger partial charge in [0.15, 0.2) is 0 Å².